The summed E-state index contributed by atoms with van der Waals surface area (Å²) < 4.78 is 39.8. The molecule has 1 aliphatic heterocycles. The Labute approximate surface area is 735 Å². The van der Waals surface area contributed by atoms with E-state index in [1.54, 1.807) is 30.3 Å². The summed E-state index contributed by atoms with van der Waals surface area (Å²) in [6, 6.07) is 111. The van der Waals surface area contributed by atoms with Crippen LogP contribution in [-0.4, -0.2) is 46.0 Å². The summed E-state index contributed by atoms with van der Waals surface area (Å²) in [6.07, 6.45) is 2.74. The quantitative estimate of drug-likeness (QED) is 0.0523. The number of aromatic nitrogens is 6. The van der Waals surface area contributed by atoms with Gasteiger partial charge in [0.25, 0.3) is 0 Å². The van der Waals surface area contributed by atoms with Gasteiger partial charge in [-0.3, -0.25) is 9.78 Å². The molecule has 10 aromatic carbocycles. The fraction of sp³-hybridized carbons (Fsp3) is 0.127. The number of hydrogen-bond acceptors (Lipinski definition) is 10. The van der Waals surface area contributed by atoms with Gasteiger partial charge in [0.2, 0.25) is 5.69 Å². The summed E-state index contributed by atoms with van der Waals surface area (Å²) in [5.41, 5.74) is 20.2. The number of aromatic hydroxyl groups is 2. The molecule has 6 aromatic heterocycles. The average Bonchev–Trinajstić information content (AvgIpc) is 1.76. The van der Waals surface area contributed by atoms with E-state index in [-0.39, 0.29) is 95.1 Å². The molecule has 0 amide bonds. The number of alkyl halides is 3. The van der Waals surface area contributed by atoms with Crippen LogP contribution in [0.2, 0.25) is 0 Å². The first-order valence-corrected chi connectivity index (χ1v) is 38.0. The maximum Gasteiger partial charge on any atom is 0.381 e. The second-order valence-electron chi connectivity index (χ2n) is 29.8. The fourth-order valence-corrected chi connectivity index (χ4v) is 12.9. The number of aryl methyl sites for hydroxylation is 1. The Hall–Kier alpha value is -12.0. The summed E-state index contributed by atoms with van der Waals surface area (Å²) in [4.78, 5) is 35.4. The Morgan fingerprint density at radius 1 is 0.462 bits per heavy atom. The van der Waals surface area contributed by atoms with Gasteiger partial charge in [-0.25, -0.2) is 9.97 Å². The van der Waals surface area contributed by atoms with E-state index in [0.29, 0.717) is 33.8 Å². The minimum Gasteiger partial charge on any atom is -0.512 e. The average molecular weight is 2110 g/mol. The zero-order valence-corrected chi connectivity index (χ0v) is 74.1. The van der Waals surface area contributed by atoms with Crippen molar-refractivity contribution >= 4 is 44.5 Å². The number of fused-ring (bicyclic) bond motifs is 5. The number of pyridine rings is 6. The molecule has 0 spiro atoms. The van der Waals surface area contributed by atoms with Gasteiger partial charge in [0.05, 0.1) is 45.3 Å². The summed E-state index contributed by atoms with van der Waals surface area (Å²) >= 11 is 0. The fourth-order valence-electron chi connectivity index (χ4n) is 12.9. The van der Waals surface area contributed by atoms with E-state index < -0.39 is 11.7 Å². The minimum absolute atomic E-state index is 0. The molecule has 0 aliphatic carbocycles. The van der Waals surface area contributed by atoms with Crippen LogP contribution in [0.1, 0.15) is 83.2 Å². The van der Waals surface area contributed by atoms with Crippen LogP contribution in [-0.2, 0) is 89.6 Å². The van der Waals surface area contributed by atoms with Crippen LogP contribution in [0, 0.1) is 25.1 Å². The van der Waals surface area contributed by atoms with Crippen LogP contribution in [0.4, 0.5) is 30.2 Å². The smallest absolute Gasteiger partial charge is 0.381 e. The number of ketones is 1. The third-order valence-corrected chi connectivity index (χ3v) is 18.9. The number of phenols is 2. The predicted molar refractivity (Wildman–Crippen MR) is 462 cm³/mol. The van der Waals surface area contributed by atoms with Crippen molar-refractivity contribution in [1.82, 2.24) is 24.9 Å². The summed E-state index contributed by atoms with van der Waals surface area (Å²) in [5.74, 6) is 0.323. The molecule has 0 atom stereocenters. The standard InChI is InChI=1S/C30H32N2O2.C24H19N2.C16H9F3N.C15H10N.C12H10N.C5H8O2.2Ir.Pt/c1-29(2,3)19-15-23(21-11-7-9-13-27(21)33)31-25(17-19)26-18-20(30(4,5)6)16-24(32-26)22-12-8-10-14-28(22)34;1-3-10-20(11-4-1)26(21-12-5-2-6-13-21)22-15-16-25-18-19-9-7-8-14-23(19)24(25)17-22;17-16(18,19)13-8-5-12(6-9-13)15-10-7-11-3-1-2-4-14(11)20-15;1-2-7-13(8-3-1)15-14-9-5-4-6-12(14)10-11-16-15;1-10-7-8-12(13-9-10)11-5-3-2-4-6-11;1-4(6)3-5(2)7;;;/h7-18,33-34H,1-6H3;1-17H,18H2;1-5,7-10H;1-7,9-11H;2-5,7-9H,1H3;3,6H,1-2H3;;;/q;+1;3*-1;;;;. The molecule has 7 heterocycles. The largest absolute Gasteiger partial charge is 0.512 e. The Balaban J connectivity index is 0.000000170. The molecule has 3 N–H and O–H groups in total. The molecule has 17 rings (SSSR count). The van der Waals surface area contributed by atoms with Crippen LogP contribution in [0.5, 0.6) is 11.5 Å². The van der Waals surface area contributed by atoms with Gasteiger partial charge in [-0.2, -0.15) is 17.7 Å². The van der Waals surface area contributed by atoms with Crippen molar-refractivity contribution < 1.29 is 99.1 Å². The maximum atomic E-state index is 12.5. The van der Waals surface area contributed by atoms with Crippen molar-refractivity contribution in [2.24, 2.45) is 0 Å². The van der Waals surface area contributed by atoms with Gasteiger partial charge in [-0.05, 0) is 178 Å². The molecule has 0 saturated carbocycles. The monoisotopic (exact) mass is 2110 g/mol. The van der Waals surface area contributed by atoms with E-state index in [9.17, 15) is 28.2 Å². The molecule has 0 saturated heterocycles. The van der Waals surface area contributed by atoms with Gasteiger partial charge in [-0.1, -0.05) is 187 Å². The number of aliphatic hydroxyl groups excluding tert-OH is 1. The van der Waals surface area contributed by atoms with E-state index in [4.69, 9.17) is 15.1 Å². The van der Waals surface area contributed by atoms with Gasteiger partial charge in [0.15, 0.2) is 18.5 Å². The minimum atomic E-state index is -4.34. The number of anilines is 3. The van der Waals surface area contributed by atoms with Crippen molar-refractivity contribution in [2.45, 2.75) is 85.9 Å². The van der Waals surface area contributed by atoms with Gasteiger partial charge < -0.3 is 30.2 Å². The molecule has 16 aromatic rings. The van der Waals surface area contributed by atoms with Crippen LogP contribution in [0.15, 0.2) is 346 Å². The van der Waals surface area contributed by atoms with Crippen LogP contribution < -0.4 is 9.47 Å². The van der Waals surface area contributed by atoms with Crippen LogP contribution in [0.25, 0.3) is 101 Å². The molecule has 606 valence electrons. The van der Waals surface area contributed by atoms with Gasteiger partial charge in [0, 0.05) is 120 Å². The first kappa shape index (κ1) is 90.9. The molecule has 1 aliphatic rings. The topological polar surface area (TPSA) is 149 Å². The normalized spacial score (nSPS) is 11.1. The van der Waals surface area contributed by atoms with E-state index in [2.05, 4.69) is 218 Å². The van der Waals surface area contributed by atoms with Crippen molar-refractivity contribution in [2.75, 3.05) is 4.90 Å². The van der Waals surface area contributed by atoms with E-state index >= 15 is 0 Å². The Kier molecular flexibility index (Phi) is 32.0. The number of hydrogen-bond donors (Lipinski definition) is 3. The summed E-state index contributed by atoms with van der Waals surface area (Å²) in [5, 5.41) is 32.8. The maximum absolute atomic E-state index is 12.5. The number of carbonyl (C=O) groups excluding carboxylic acids is 1. The number of para-hydroxylation sites is 5. The second-order valence-corrected chi connectivity index (χ2v) is 29.8. The van der Waals surface area contributed by atoms with E-state index in [1.165, 1.54) is 64.8 Å². The van der Waals surface area contributed by atoms with Gasteiger partial charge in [0.1, 0.15) is 11.5 Å². The molecule has 0 fully saturated rings. The van der Waals surface area contributed by atoms with Crippen molar-refractivity contribution in [3.8, 4) is 90.4 Å². The number of benzene rings is 10. The third-order valence-electron chi connectivity index (χ3n) is 18.9. The Morgan fingerprint density at radius 2 is 0.966 bits per heavy atom. The third kappa shape index (κ3) is 24.4. The first-order chi connectivity index (χ1) is 55.8. The number of halogens is 3. The zero-order chi connectivity index (χ0) is 81.9. The number of phenolic OH excluding ortho intramolecular Hbond substituents is 2. The predicted octanol–water partition coefficient (Wildman–Crippen LogP) is 25.3. The summed E-state index contributed by atoms with van der Waals surface area (Å²) in [7, 11) is 0. The zero-order valence-electron chi connectivity index (χ0n) is 67.0. The van der Waals surface area contributed by atoms with Gasteiger partial charge >= 0.3 is 6.18 Å². The van der Waals surface area contributed by atoms with Crippen LogP contribution >= 0.6 is 0 Å². The number of aliphatic hydroxyl groups is 1. The SMILES string of the molecule is CC(=O)C=C(C)O.CC(C)(C)c1cc(-c2cc(C(C)(C)C)cc(-c3ccccc3O)n2)nc(-c2ccccc2O)c1.Cc1ccc(-c2[c-]cccc2)nc1.FC(F)(F)c1c[c-]c(-c2ccc3ccccc3n2)cc1.[Ir].[Ir].[Pt].[c-]1ccccc1-c1nccc2ccccc12.c1ccc(N(c2ccccc2)c2cc[n+]3c(c2)-c2ccccc2C3)cc1. The van der Waals surface area contributed by atoms with E-state index in [1.807, 2.05) is 159 Å². The molecule has 11 nitrogen and oxygen atoms in total. The first-order valence-electron chi connectivity index (χ1n) is 38.0. The molecule has 2 radical (unpaired) electrons. The van der Waals surface area contributed by atoms with Crippen molar-refractivity contribution in [3.63, 3.8) is 0 Å². The molecular formula is C102H88F3Ir2N7O4Pt-2. The Morgan fingerprint density at radius 3 is 1.48 bits per heavy atom. The van der Waals surface area contributed by atoms with Crippen molar-refractivity contribution in [3.05, 3.63) is 392 Å². The van der Waals surface area contributed by atoms with Crippen LogP contribution in [0.3, 0.4) is 0 Å². The van der Waals surface area contributed by atoms with Crippen molar-refractivity contribution in [1.29, 1.82) is 0 Å². The van der Waals surface area contributed by atoms with E-state index in [0.717, 1.165) is 86.0 Å². The number of nitrogens with zero attached hydrogens (tertiary/aromatic N) is 7. The molecule has 0 bridgehead atoms. The molecule has 119 heavy (non-hydrogen) atoms. The number of allylic oxidation sites excluding steroid dienone is 2. The second kappa shape index (κ2) is 41.9. The Bertz CT molecular complexity index is 5900. The molecule has 0 unspecified atom stereocenters. The summed E-state index contributed by atoms with van der Waals surface area (Å²) in [6.45, 7) is 18.8. The molecule has 17 heteroatoms. The number of carbonyl (C=O) groups is 1. The molecular weight excluding hydrogens is 2020 g/mol. The van der Waals surface area contributed by atoms with Gasteiger partial charge in [-0.15, -0.1) is 102 Å². The number of rotatable bonds is 10.